The third-order valence-corrected chi connectivity index (χ3v) is 4.65. The van der Waals surface area contributed by atoms with Crippen molar-refractivity contribution >= 4 is 5.97 Å². The number of piperidine rings is 1. The zero-order chi connectivity index (χ0) is 13.7. The number of carbonyl (C=O) groups is 1. The topological polar surface area (TPSA) is 43.8 Å². The van der Waals surface area contributed by atoms with Crippen molar-refractivity contribution in [3.05, 3.63) is 0 Å². The molecule has 0 aromatic rings. The number of carboxylic acids is 1. The molecule has 0 aromatic carbocycles. The summed E-state index contributed by atoms with van der Waals surface area (Å²) >= 11 is 0. The van der Waals surface area contributed by atoms with E-state index < -0.39 is 5.97 Å². The van der Waals surface area contributed by atoms with Crippen LogP contribution >= 0.6 is 0 Å². The van der Waals surface area contributed by atoms with E-state index in [-0.39, 0.29) is 6.04 Å². The number of likely N-dealkylation sites (tertiary alicyclic amines) is 2. The Morgan fingerprint density at radius 2 is 1.84 bits per heavy atom. The number of hydrogen-bond acceptors (Lipinski definition) is 3. The van der Waals surface area contributed by atoms with Gasteiger partial charge in [-0.05, 0) is 64.2 Å². The Labute approximate surface area is 116 Å². The maximum absolute atomic E-state index is 11.3. The van der Waals surface area contributed by atoms with Crippen LogP contribution in [0.15, 0.2) is 0 Å². The molecule has 4 nitrogen and oxygen atoms in total. The highest BCUT2D eigenvalue weighted by Gasteiger charge is 2.29. The molecule has 2 aliphatic rings. The Kier molecular flexibility index (Phi) is 5.64. The molecule has 0 spiro atoms. The predicted octanol–water partition coefficient (Wildman–Crippen LogP) is 2.05. The van der Waals surface area contributed by atoms with Crippen molar-refractivity contribution in [2.24, 2.45) is 5.92 Å². The summed E-state index contributed by atoms with van der Waals surface area (Å²) in [6, 6.07) is -0.252. The lowest BCUT2D eigenvalue weighted by atomic mass is 9.94. The van der Waals surface area contributed by atoms with Gasteiger partial charge in [0.05, 0.1) is 0 Å². The van der Waals surface area contributed by atoms with Crippen molar-refractivity contribution in [1.29, 1.82) is 0 Å². The second-order valence-electron chi connectivity index (χ2n) is 6.13. The Morgan fingerprint density at radius 1 is 1.21 bits per heavy atom. The van der Waals surface area contributed by atoms with Crippen LogP contribution in [0.1, 0.15) is 45.4 Å². The first-order valence-corrected chi connectivity index (χ1v) is 7.90. The molecular weight excluding hydrogens is 240 g/mol. The van der Waals surface area contributed by atoms with Gasteiger partial charge in [-0.2, -0.15) is 0 Å². The van der Waals surface area contributed by atoms with E-state index >= 15 is 0 Å². The summed E-state index contributed by atoms with van der Waals surface area (Å²) in [5, 5.41) is 9.30. The largest absolute Gasteiger partial charge is 0.480 e. The highest BCUT2D eigenvalue weighted by molar-refractivity contribution is 5.73. The predicted molar refractivity (Wildman–Crippen MR) is 76.3 cm³/mol. The van der Waals surface area contributed by atoms with Gasteiger partial charge in [-0.1, -0.05) is 13.3 Å². The van der Waals surface area contributed by atoms with Crippen molar-refractivity contribution in [1.82, 2.24) is 9.80 Å². The molecule has 2 aliphatic heterocycles. The zero-order valence-electron chi connectivity index (χ0n) is 12.2. The Morgan fingerprint density at radius 3 is 2.37 bits per heavy atom. The lowest BCUT2D eigenvalue weighted by Crippen LogP contribution is -2.46. The van der Waals surface area contributed by atoms with Crippen LogP contribution in [0.2, 0.25) is 0 Å². The van der Waals surface area contributed by atoms with E-state index in [9.17, 15) is 9.90 Å². The molecule has 0 bridgehead atoms. The van der Waals surface area contributed by atoms with Crippen LogP contribution in [0, 0.1) is 5.92 Å². The minimum atomic E-state index is -0.639. The van der Waals surface area contributed by atoms with Crippen molar-refractivity contribution in [2.75, 3.05) is 32.7 Å². The molecular formula is C15H28N2O2. The van der Waals surface area contributed by atoms with E-state index in [1.807, 2.05) is 0 Å². The first kappa shape index (κ1) is 14.8. The van der Waals surface area contributed by atoms with Gasteiger partial charge in [0.15, 0.2) is 0 Å². The van der Waals surface area contributed by atoms with Gasteiger partial charge in [-0.3, -0.25) is 9.69 Å². The van der Waals surface area contributed by atoms with Crippen molar-refractivity contribution < 1.29 is 9.90 Å². The summed E-state index contributed by atoms with van der Waals surface area (Å²) in [5.41, 5.74) is 0. The van der Waals surface area contributed by atoms with E-state index in [2.05, 4.69) is 16.7 Å². The van der Waals surface area contributed by atoms with Crippen molar-refractivity contribution in [3.63, 3.8) is 0 Å². The average Bonchev–Trinajstić information content (AvgIpc) is 2.90. The molecule has 1 N–H and O–H groups in total. The average molecular weight is 268 g/mol. The number of aliphatic carboxylic acids is 1. The second-order valence-corrected chi connectivity index (χ2v) is 6.13. The number of rotatable bonds is 6. The van der Waals surface area contributed by atoms with E-state index in [0.29, 0.717) is 0 Å². The first-order chi connectivity index (χ1) is 9.20. The van der Waals surface area contributed by atoms with Crippen LogP contribution in [0.25, 0.3) is 0 Å². The monoisotopic (exact) mass is 268 g/mol. The van der Waals surface area contributed by atoms with Crippen LogP contribution in [-0.2, 0) is 4.79 Å². The number of carboxylic acid groups (broad SMARTS) is 1. The molecule has 1 unspecified atom stereocenters. The van der Waals surface area contributed by atoms with E-state index in [1.54, 1.807) is 0 Å². The smallest absolute Gasteiger partial charge is 0.320 e. The van der Waals surface area contributed by atoms with Gasteiger partial charge in [0.2, 0.25) is 0 Å². The summed E-state index contributed by atoms with van der Waals surface area (Å²) in [5.74, 6) is 0.144. The molecule has 2 saturated heterocycles. The fourth-order valence-electron chi connectivity index (χ4n) is 3.51. The normalized spacial score (nSPS) is 24.7. The van der Waals surface area contributed by atoms with Gasteiger partial charge in [0, 0.05) is 6.54 Å². The molecule has 110 valence electrons. The molecule has 0 aliphatic carbocycles. The molecule has 19 heavy (non-hydrogen) atoms. The summed E-state index contributed by atoms with van der Waals surface area (Å²) in [4.78, 5) is 16.1. The molecule has 0 radical (unpaired) electrons. The fourth-order valence-corrected chi connectivity index (χ4v) is 3.51. The standard InChI is InChI=1S/C15H28N2O2/c1-2-5-14(15(18)19)17-10-6-13(7-11-17)12-16-8-3-4-9-16/h13-14H,2-12H2,1H3,(H,18,19). The maximum Gasteiger partial charge on any atom is 0.320 e. The van der Waals surface area contributed by atoms with Gasteiger partial charge >= 0.3 is 5.97 Å². The minimum Gasteiger partial charge on any atom is -0.480 e. The van der Waals surface area contributed by atoms with Crippen LogP contribution in [0.3, 0.4) is 0 Å². The first-order valence-electron chi connectivity index (χ1n) is 7.90. The summed E-state index contributed by atoms with van der Waals surface area (Å²) in [6.07, 6.45) is 6.79. The molecule has 0 amide bonds. The molecule has 1 atom stereocenters. The quantitative estimate of drug-likeness (QED) is 0.800. The second kappa shape index (κ2) is 7.25. The highest BCUT2D eigenvalue weighted by atomic mass is 16.4. The van der Waals surface area contributed by atoms with Gasteiger partial charge in [-0.15, -0.1) is 0 Å². The van der Waals surface area contributed by atoms with Crippen LogP contribution in [0.5, 0.6) is 0 Å². The van der Waals surface area contributed by atoms with Crippen LogP contribution in [-0.4, -0.2) is 59.6 Å². The zero-order valence-corrected chi connectivity index (χ0v) is 12.2. The van der Waals surface area contributed by atoms with Gasteiger partial charge < -0.3 is 10.0 Å². The molecule has 2 rings (SSSR count). The minimum absolute atomic E-state index is 0.252. The number of hydrogen-bond donors (Lipinski definition) is 1. The van der Waals surface area contributed by atoms with E-state index in [1.165, 1.54) is 45.3 Å². The molecule has 4 heteroatoms. The summed E-state index contributed by atoms with van der Waals surface area (Å²) in [7, 11) is 0. The molecule has 0 aromatic heterocycles. The van der Waals surface area contributed by atoms with Crippen LogP contribution in [0.4, 0.5) is 0 Å². The van der Waals surface area contributed by atoms with Crippen molar-refractivity contribution in [2.45, 2.75) is 51.5 Å². The fraction of sp³-hybridized carbons (Fsp3) is 0.933. The molecule has 0 saturated carbocycles. The maximum atomic E-state index is 11.3. The third kappa shape index (κ3) is 4.18. The van der Waals surface area contributed by atoms with E-state index in [4.69, 9.17) is 0 Å². The third-order valence-electron chi connectivity index (χ3n) is 4.65. The van der Waals surface area contributed by atoms with Crippen LogP contribution < -0.4 is 0 Å². The summed E-state index contributed by atoms with van der Waals surface area (Å²) in [6.45, 7) is 7.78. The van der Waals surface area contributed by atoms with Crippen molar-refractivity contribution in [3.8, 4) is 0 Å². The lowest BCUT2D eigenvalue weighted by molar-refractivity contribution is -0.144. The Bertz CT molecular complexity index is 282. The Balaban J connectivity index is 1.75. The van der Waals surface area contributed by atoms with E-state index in [0.717, 1.165) is 31.8 Å². The van der Waals surface area contributed by atoms with Gasteiger partial charge in [0.25, 0.3) is 0 Å². The lowest BCUT2D eigenvalue weighted by Gasteiger charge is -2.36. The molecule has 2 fully saturated rings. The van der Waals surface area contributed by atoms with Gasteiger partial charge in [-0.25, -0.2) is 0 Å². The highest BCUT2D eigenvalue weighted by Crippen LogP contribution is 2.23. The van der Waals surface area contributed by atoms with Gasteiger partial charge in [0.1, 0.15) is 6.04 Å². The Hall–Kier alpha value is -0.610. The summed E-state index contributed by atoms with van der Waals surface area (Å²) < 4.78 is 0. The number of nitrogens with zero attached hydrogens (tertiary/aromatic N) is 2. The SMILES string of the molecule is CCCC(C(=O)O)N1CCC(CN2CCCC2)CC1. The molecule has 2 heterocycles.